The molecule has 2 aromatic heterocycles. The zero-order chi connectivity index (χ0) is 14.7. The van der Waals surface area contributed by atoms with Crippen molar-refractivity contribution in [3.05, 3.63) is 53.7 Å². The van der Waals surface area contributed by atoms with Gasteiger partial charge in [0.15, 0.2) is 0 Å². The third-order valence-electron chi connectivity index (χ3n) is 2.75. The summed E-state index contributed by atoms with van der Waals surface area (Å²) in [6, 6.07) is 15.2. The molecule has 7 heteroatoms. The van der Waals surface area contributed by atoms with E-state index in [1.807, 2.05) is 43.3 Å². The molecule has 0 saturated carbocycles. The molecule has 3 aromatic rings. The molecule has 0 atom stereocenters. The Hall–Kier alpha value is -2.72. The van der Waals surface area contributed by atoms with Crippen LogP contribution in [0.1, 0.15) is 11.3 Å². The quantitative estimate of drug-likeness (QED) is 0.738. The minimum absolute atomic E-state index is 0.370. The normalized spacial score (nSPS) is 10.3. The first kappa shape index (κ1) is 13.3. The number of nitriles is 1. The Morgan fingerprint density at radius 1 is 1.14 bits per heavy atom. The maximum atomic E-state index is 8.88. The van der Waals surface area contributed by atoms with Gasteiger partial charge in [0.2, 0.25) is 5.16 Å². The van der Waals surface area contributed by atoms with Crippen LogP contribution in [0.3, 0.4) is 0 Å². The molecule has 0 amide bonds. The summed E-state index contributed by atoms with van der Waals surface area (Å²) in [4.78, 5) is 4.21. The van der Waals surface area contributed by atoms with Gasteiger partial charge in [-0.15, -0.1) is 5.10 Å². The van der Waals surface area contributed by atoms with Gasteiger partial charge in [0, 0.05) is 0 Å². The van der Waals surface area contributed by atoms with Gasteiger partial charge >= 0.3 is 0 Å². The van der Waals surface area contributed by atoms with Crippen LogP contribution in [-0.2, 0) is 0 Å². The van der Waals surface area contributed by atoms with Crippen molar-refractivity contribution in [3.8, 4) is 11.8 Å². The number of rotatable bonds is 3. The smallest absolute Gasteiger partial charge is 0.220 e. The molecule has 0 N–H and O–H groups in total. The third kappa shape index (κ3) is 2.90. The van der Waals surface area contributed by atoms with Gasteiger partial charge in [-0.05, 0) is 53.4 Å². The van der Waals surface area contributed by atoms with Crippen LogP contribution in [0.25, 0.3) is 5.69 Å². The van der Waals surface area contributed by atoms with Gasteiger partial charge in [-0.3, -0.25) is 0 Å². The topological polar surface area (TPSA) is 80.3 Å². The number of nitrogens with zero attached hydrogens (tertiary/aromatic N) is 6. The van der Waals surface area contributed by atoms with Gasteiger partial charge in [-0.25, -0.2) is 4.98 Å². The Morgan fingerprint density at radius 3 is 2.71 bits per heavy atom. The summed E-state index contributed by atoms with van der Waals surface area (Å²) in [6.07, 6.45) is 0. The average Bonchev–Trinajstić information content (AvgIpc) is 2.96. The van der Waals surface area contributed by atoms with Gasteiger partial charge in [-0.2, -0.15) is 9.94 Å². The number of aryl methyl sites for hydroxylation is 1. The molecule has 1 aromatic carbocycles. The fraction of sp³-hybridized carbons (Fsp3) is 0.0714. The molecule has 0 radical (unpaired) electrons. The van der Waals surface area contributed by atoms with Crippen molar-refractivity contribution in [3.63, 3.8) is 0 Å². The van der Waals surface area contributed by atoms with E-state index in [0.717, 1.165) is 5.69 Å². The fourth-order valence-electron chi connectivity index (χ4n) is 1.72. The molecule has 0 unspecified atom stereocenters. The summed E-state index contributed by atoms with van der Waals surface area (Å²) in [6.45, 7) is 2.02. The highest BCUT2D eigenvalue weighted by molar-refractivity contribution is 7.99. The highest BCUT2D eigenvalue weighted by Crippen LogP contribution is 2.25. The molecule has 0 saturated heterocycles. The predicted octanol–water partition coefficient (Wildman–Crippen LogP) is 2.39. The van der Waals surface area contributed by atoms with E-state index in [4.69, 9.17) is 5.26 Å². The van der Waals surface area contributed by atoms with Crippen LogP contribution in [0.2, 0.25) is 0 Å². The van der Waals surface area contributed by atoms with Gasteiger partial charge < -0.3 is 0 Å². The molecular weight excluding hydrogens is 284 g/mol. The van der Waals surface area contributed by atoms with Gasteiger partial charge in [0.25, 0.3) is 0 Å². The second-order valence-electron chi connectivity index (χ2n) is 4.28. The number of pyridine rings is 1. The van der Waals surface area contributed by atoms with Crippen LogP contribution in [0.4, 0.5) is 0 Å². The van der Waals surface area contributed by atoms with Crippen LogP contribution in [-0.4, -0.2) is 25.2 Å². The predicted molar refractivity (Wildman–Crippen MR) is 77.0 cm³/mol. The lowest BCUT2D eigenvalue weighted by atomic mass is 10.2. The van der Waals surface area contributed by atoms with E-state index < -0.39 is 0 Å². The molecule has 2 heterocycles. The van der Waals surface area contributed by atoms with E-state index in [1.54, 1.807) is 16.8 Å². The standard InChI is InChI=1S/C14H10N6S/c1-10-5-7-12(8-6-10)20-14(17-18-19-20)21-13-4-2-3-11(9-15)16-13/h2-8H,1H3. The summed E-state index contributed by atoms with van der Waals surface area (Å²) < 4.78 is 1.64. The molecule has 0 aliphatic heterocycles. The number of tetrazole rings is 1. The van der Waals surface area contributed by atoms with Gasteiger partial charge in [-0.1, -0.05) is 23.8 Å². The molecule has 0 spiro atoms. The van der Waals surface area contributed by atoms with Crippen molar-refractivity contribution in [2.24, 2.45) is 0 Å². The van der Waals surface area contributed by atoms with E-state index in [9.17, 15) is 0 Å². The molecule has 0 fully saturated rings. The van der Waals surface area contributed by atoms with E-state index in [2.05, 4.69) is 20.5 Å². The minimum atomic E-state index is 0.370. The molecule has 102 valence electrons. The van der Waals surface area contributed by atoms with Crippen LogP contribution in [0, 0.1) is 18.3 Å². The molecule has 3 rings (SSSR count). The first-order valence-electron chi connectivity index (χ1n) is 6.17. The number of hydrogen-bond donors (Lipinski definition) is 0. The van der Waals surface area contributed by atoms with Crippen LogP contribution < -0.4 is 0 Å². The second kappa shape index (κ2) is 5.73. The van der Waals surface area contributed by atoms with E-state index in [1.165, 1.54) is 17.3 Å². The van der Waals surface area contributed by atoms with Crippen LogP contribution in [0.5, 0.6) is 0 Å². The van der Waals surface area contributed by atoms with Crippen molar-refractivity contribution < 1.29 is 0 Å². The Kier molecular flexibility index (Phi) is 3.62. The monoisotopic (exact) mass is 294 g/mol. The highest BCUT2D eigenvalue weighted by Gasteiger charge is 2.11. The molecule has 0 aliphatic carbocycles. The third-order valence-corrected chi connectivity index (χ3v) is 3.63. The van der Waals surface area contributed by atoms with Gasteiger partial charge in [0.05, 0.1) is 5.69 Å². The van der Waals surface area contributed by atoms with E-state index in [0.29, 0.717) is 15.9 Å². The summed E-state index contributed by atoms with van der Waals surface area (Å²) in [5, 5.41) is 21.9. The lowest BCUT2D eigenvalue weighted by Crippen LogP contribution is -1.99. The summed E-state index contributed by atoms with van der Waals surface area (Å²) in [5.41, 5.74) is 2.42. The van der Waals surface area contributed by atoms with Crippen molar-refractivity contribution in [2.75, 3.05) is 0 Å². The minimum Gasteiger partial charge on any atom is -0.230 e. The van der Waals surface area contributed by atoms with Crippen molar-refractivity contribution in [1.82, 2.24) is 25.2 Å². The average molecular weight is 294 g/mol. The fourth-order valence-corrected chi connectivity index (χ4v) is 2.50. The molecule has 6 nitrogen and oxygen atoms in total. The maximum Gasteiger partial charge on any atom is 0.220 e. The number of benzene rings is 1. The van der Waals surface area contributed by atoms with Crippen LogP contribution in [0.15, 0.2) is 52.6 Å². The molecular formula is C14H10N6S. The SMILES string of the molecule is Cc1ccc(-n2nnnc2Sc2cccc(C#N)n2)cc1. The highest BCUT2D eigenvalue weighted by atomic mass is 32.2. The Balaban J connectivity index is 1.92. The molecule has 0 bridgehead atoms. The summed E-state index contributed by atoms with van der Waals surface area (Å²) >= 11 is 1.31. The number of aromatic nitrogens is 5. The van der Waals surface area contributed by atoms with Crippen molar-refractivity contribution >= 4 is 11.8 Å². The lowest BCUT2D eigenvalue weighted by Gasteiger charge is -2.04. The molecule has 21 heavy (non-hydrogen) atoms. The first-order valence-corrected chi connectivity index (χ1v) is 6.98. The van der Waals surface area contributed by atoms with Crippen molar-refractivity contribution in [2.45, 2.75) is 17.1 Å². The number of hydrogen-bond acceptors (Lipinski definition) is 6. The lowest BCUT2D eigenvalue weighted by molar-refractivity contribution is 0.755. The van der Waals surface area contributed by atoms with E-state index in [-0.39, 0.29) is 0 Å². The maximum absolute atomic E-state index is 8.88. The van der Waals surface area contributed by atoms with Crippen molar-refractivity contribution in [1.29, 1.82) is 5.26 Å². The summed E-state index contributed by atoms with van der Waals surface area (Å²) in [5.74, 6) is 0. The van der Waals surface area contributed by atoms with Gasteiger partial charge in [0.1, 0.15) is 16.8 Å². The Bertz CT molecular complexity index is 803. The zero-order valence-electron chi connectivity index (χ0n) is 11.1. The Labute approximate surface area is 125 Å². The first-order chi connectivity index (χ1) is 10.3. The summed E-state index contributed by atoms with van der Waals surface area (Å²) in [7, 11) is 0. The van der Waals surface area contributed by atoms with E-state index >= 15 is 0 Å². The van der Waals surface area contributed by atoms with Crippen LogP contribution >= 0.6 is 11.8 Å². The second-order valence-corrected chi connectivity index (χ2v) is 5.27. The largest absolute Gasteiger partial charge is 0.230 e. The zero-order valence-corrected chi connectivity index (χ0v) is 11.9. The molecule has 0 aliphatic rings. The Morgan fingerprint density at radius 2 is 1.95 bits per heavy atom.